The van der Waals surface area contributed by atoms with Crippen LogP contribution in [-0.2, 0) is 11.8 Å². The number of morpholine rings is 1. The number of halogens is 2. The minimum Gasteiger partial charge on any atom is -0.497 e. The number of carbonyl (C=O) groups is 1. The van der Waals surface area contributed by atoms with Gasteiger partial charge in [-0.3, -0.25) is 0 Å². The first-order chi connectivity index (χ1) is 13.3. The van der Waals surface area contributed by atoms with E-state index >= 15 is 0 Å². The van der Waals surface area contributed by atoms with Gasteiger partial charge in [0.15, 0.2) is 0 Å². The predicted octanol–water partition coefficient (Wildman–Crippen LogP) is 2.58. The zero-order valence-electron chi connectivity index (χ0n) is 16.1. The lowest BCUT2D eigenvalue weighted by Crippen LogP contribution is -2.58. The van der Waals surface area contributed by atoms with E-state index in [2.05, 4.69) is 10.3 Å². The third kappa shape index (κ3) is 4.09. The van der Waals surface area contributed by atoms with E-state index in [1.165, 1.54) is 11.8 Å². The van der Waals surface area contributed by atoms with Gasteiger partial charge in [0, 0.05) is 26.0 Å². The van der Waals surface area contributed by atoms with E-state index in [1.54, 1.807) is 36.2 Å². The monoisotopic (exact) mass is 394 g/mol. The highest BCUT2D eigenvalue weighted by atomic mass is 19.3. The predicted molar refractivity (Wildman–Crippen MR) is 98.5 cm³/mol. The van der Waals surface area contributed by atoms with Crippen LogP contribution in [0.2, 0.25) is 0 Å². The number of amides is 2. The lowest BCUT2D eigenvalue weighted by Gasteiger charge is -2.40. The molecular formula is C19H24F2N4O3. The summed E-state index contributed by atoms with van der Waals surface area (Å²) in [6, 6.07) is 6.26. The van der Waals surface area contributed by atoms with Crippen molar-refractivity contribution in [3.8, 4) is 5.75 Å². The van der Waals surface area contributed by atoms with Gasteiger partial charge in [-0.15, -0.1) is 0 Å². The van der Waals surface area contributed by atoms with E-state index in [9.17, 15) is 13.6 Å². The molecule has 152 valence electrons. The second-order valence-corrected chi connectivity index (χ2v) is 6.94. The van der Waals surface area contributed by atoms with Gasteiger partial charge >= 0.3 is 6.03 Å². The molecule has 0 bridgehead atoms. The first kappa shape index (κ1) is 20.1. The Morgan fingerprint density at radius 3 is 2.64 bits per heavy atom. The smallest absolute Gasteiger partial charge is 0.318 e. The van der Waals surface area contributed by atoms with Gasteiger partial charge in [-0.05, 0) is 24.6 Å². The molecule has 1 aromatic carbocycles. The number of alkyl halides is 2. The quantitative estimate of drug-likeness (QED) is 0.847. The third-order valence-corrected chi connectivity index (χ3v) is 4.88. The Kier molecular flexibility index (Phi) is 5.83. The Bertz CT molecular complexity index is 812. The molecule has 0 saturated carbocycles. The number of aromatic nitrogens is 2. The zero-order chi connectivity index (χ0) is 20.3. The highest BCUT2D eigenvalue weighted by molar-refractivity contribution is 5.75. The lowest BCUT2D eigenvalue weighted by molar-refractivity contribution is -0.161. The van der Waals surface area contributed by atoms with Crippen molar-refractivity contribution in [2.75, 3.05) is 26.8 Å². The van der Waals surface area contributed by atoms with Crippen molar-refractivity contribution in [3.63, 3.8) is 0 Å². The second kappa shape index (κ2) is 8.14. The molecule has 2 unspecified atom stereocenters. The van der Waals surface area contributed by atoms with Gasteiger partial charge < -0.3 is 24.3 Å². The van der Waals surface area contributed by atoms with Gasteiger partial charge in [-0.25, -0.2) is 18.6 Å². The number of benzene rings is 1. The average molecular weight is 394 g/mol. The van der Waals surface area contributed by atoms with E-state index < -0.39 is 24.1 Å². The normalized spacial score (nSPS) is 20.9. The van der Waals surface area contributed by atoms with Crippen molar-refractivity contribution in [1.82, 2.24) is 19.8 Å². The molecule has 1 aliphatic heterocycles. The highest BCUT2D eigenvalue weighted by Crippen LogP contribution is 2.27. The molecule has 2 aromatic rings. The van der Waals surface area contributed by atoms with Gasteiger partial charge in [0.1, 0.15) is 23.2 Å². The molecule has 0 spiro atoms. The maximum Gasteiger partial charge on any atom is 0.318 e. The minimum atomic E-state index is -2.69. The molecule has 1 saturated heterocycles. The minimum absolute atomic E-state index is 0.0594. The summed E-state index contributed by atoms with van der Waals surface area (Å²) in [7, 11) is 3.40. The fourth-order valence-electron chi connectivity index (χ4n) is 3.16. The van der Waals surface area contributed by atoms with Gasteiger partial charge in [-0.2, -0.15) is 0 Å². The fourth-order valence-corrected chi connectivity index (χ4v) is 3.16. The van der Waals surface area contributed by atoms with E-state index in [0.717, 1.165) is 5.56 Å². The van der Waals surface area contributed by atoms with Crippen molar-refractivity contribution in [3.05, 3.63) is 48.0 Å². The highest BCUT2D eigenvalue weighted by Gasteiger charge is 2.42. The van der Waals surface area contributed by atoms with E-state index in [4.69, 9.17) is 9.47 Å². The molecule has 0 radical (unpaired) electrons. The summed E-state index contributed by atoms with van der Waals surface area (Å²) in [5.41, 5.74) is -0.873. The van der Waals surface area contributed by atoms with Crippen molar-refractivity contribution in [2.45, 2.75) is 25.0 Å². The Morgan fingerprint density at radius 1 is 1.36 bits per heavy atom. The molecular weight excluding hydrogens is 370 g/mol. The van der Waals surface area contributed by atoms with Crippen LogP contribution in [0.4, 0.5) is 13.6 Å². The van der Waals surface area contributed by atoms with Crippen LogP contribution >= 0.6 is 0 Å². The lowest BCUT2D eigenvalue weighted by atomic mass is 10.0. The summed E-state index contributed by atoms with van der Waals surface area (Å²) in [6.07, 6.45) is 0.733. The molecule has 2 heterocycles. The number of methoxy groups -OCH3 is 1. The van der Waals surface area contributed by atoms with E-state index in [1.807, 2.05) is 19.2 Å². The SMILES string of the molecule is COc1ccc(C(NC(=O)N2CCOC(C)(C(F)F)C2)c2nccn2C)cc1. The van der Waals surface area contributed by atoms with E-state index in [0.29, 0.717) is 11.6 Å². The summed E-state index contributed by atoms with van der Waals surface area (Å²) in [5, 5.41) is 2.92. The van der Waals surface area contributed by atoms with Crippen LogP contribution in [0, 0.1) is 0 Å². The van der Waals surface area contributed by atoms with Crippen LogP contribution in [0.25, 0.3) is 0 Å². The topological polar surface area (TPSA) is 68.6 Å². The number of nitrogens with one attached hydrogen (secondary N) is 1. The molecule has 28 heavy (non-hydrogen) atoms. The molecule has 1 fully saturated rings. The Morgan fingerprint density at radius 2 is 2.07 bits per heavy atom. The number of urea groups is 1. The number of hydrogen-bond acceptors (Lipinski definition) is 4. The summed E-state index contributed by atoms with van der Waals surface area (Å²) in [6.45, 7) is 1.43. The van der Waals surface area contributed by atoms with Crippen LogP contribution in [0.1, 0.15) is 24.4 Å². The van der Waals surface area contributed by atoms with Crippen molar-refractivity contribution < 1.29 is 23.0 Å². The van der Waals surface area contributed by atoms with Crippen LogP contribution < -0.4 is 10.1 Å². The van der Waals surface area contributed by atoms with Crippen molar-refractivity contribution in [1.29, 1.82) is 0 Å². The maximum atomic E-state index is 13.3. The molecule has 9 heteroatoms. The number of nitrogens with zero attached hydrogens (tertiary/aromatic N) is 3. The Hall–Kier alpha value is -2.68. The summed E-state index contributed by atoms with van der Waals surface area (Å²) in [4.78, 5) is 18.6. The molecule has 3 rings (SSSR count). The summed E-state index contributed by atoms with van der Waals surface area (Å²) < 4.78 is 38.8. The molecule has 2 amide bonds. The third-order valence-electron chi connectivity index (χ3n) is 4.88. The van der Waals surface area contributed by atoms with Gasteiger partial charge in [0.2, 0.25) is 0 Å². The first-order valence-corrected chi connectivity index (χ1v) is 8.93. The summed E-state index contributed by atoms with van der Waals surface area (Å²) >= 11 is 0. The Balaban J connectivity index is 1.83. The largest absolute Gasteiger partial charge is 0.497 e. The van der Waals surface area contributed by atoms with Gasteiger partial charge in [0.25, 0.3) is 6.43 Å². The van der Waals surface area contributed by atoms with Crippen molar-refractivity contribution >= 4 is 6.03 Å². The van der Waals surface area contributed by atoms with Gasteiger partial charge in [-0.1, -0.05) is 12.1 Å². The number of rotatable bonds is 5. The Labute approximate surface area is 162 Å². The number of carbonyl (C=O) groups excluding carboxylic acids is 1. The first-order valence-electron chi connectivity index (χ1n) is 8.93. The molecule has 1 aliphatic rings. The van der Waals surface area contributed by atoms with E-state index in [-0.39, 0.29) is 19.7 Å². The molecule has 7 nitrogen and oxygen atoms in total. The van der Waals surface area contributed by atoms with Crippen LogP contribution in [-0.4, -0.2) is 59.3 Å². The van der Waals surface area contributed by atoms with Crippen LogP contribution in [0.3, 0.4) is 0 Å². The maximum absolute atomic E-state index is 13.3. The number of aryl methyl sites for hydroxylation is 1. The second-order valence-electron chi connectivity index (χ2n) is 6.94. The van der Waals surface area contributed by atoms with Gasteiger partial charge in [0.05, 0.1) is 20.3 Å². The van der Waals surface area contributed by atoms with Crippen molar-refractivity contribution in [2.24, 2.45) is 7.05 Å². The fraction of sp³-hybridized carbons (Fsp3) is 0.474. The average Bonchev–Trinajstić information content (AvgIpc) is 3.11. The zero-order valence-corrected chi connectivity index (χ0v) is 16.1. The number of ether oxygens (including phenoxy) is 2. The number of hydrogen-bond donors (Lipinski definition) is 1. The molecule has 2 atom stereocenters. The molecule has 1 aromatic heterocycles. The van der Waals surface area contributed by atoms with Crippen LogP contribution in [0.5, 0.6) is 5.75 Å². The number of imidazole rings is 1. The summed E-state index contributed by atoms with van der Waals surface area (Å²) in [5.74, 6) is 1.32. The molecule has 0 aliphatic carbocycles. The van der Waals surface area contributed by atoms with Crippen LogP contribution in [0.15, 0.2) is 36.7 Å². The molecule has 1 N–H and O–H groups in total. The standard InChI is InChI=1S/C19H24F2N4O3/c1-19(17(20)21)12-25(10-11-28-19)18(26)23-15(16-22-8-9-24(16)2)13-4-6-14(27-3)7-5-13/h4-9,15,17H,10-12H2,1-3H3,(H,23,26).